The molecule has 1 N–H and O–H groups in total. The van der Waals surface area contributed by atoms with Crippen LogP contribution >= 0.6 is 15.9 Å². The summed E-state index contributed by atoms with van der Waals surface area (Å²) in [5.41, 5.74) is 1.55. The standard InChI is InChI=1S/C15H18BrFN2/c1-4-5-18-15-12(9(2)3)7-10-6-11(16)8-13(17)14(10)19-15/h6-9H,4-5H2,1-3H3,(H,18,19). The molecule has 0 spiro atoms. The highest BCUT2D eigenvalue weighted by atomic mass is 79.9. The number of hydrogen-bond acceptors (Lipinski definition) is 2. The van der Waals surface area contributed by atoms with Gasteiger partial charge in [-0.15, -0.1) is 0 Å². The number of anilines is 1. The smallest absolute Gasteiger partial charge is 0.150 e. The number of fused-ring (bicyclic) bond motifs is 1. The Kier molecular flexibility index (Phi) is 4.40. The van der Waals surface area contributed by atoms with Crippen LogP contribution in [0.4, 0.5) is 10.2 Å². The molecule has 0 fully saturated rings. The van der Waals surface area contributed by atoms with Crippen LogP contribution in [0.5, 0.6) is 0 Å². The molecule has 0 aliphatic carbocycles. The summed E-state index contributed by atoms with van der Waals surface area (Å²) in [7, 11) is 0. The maximum Gasteiger partial charge on any atom is 0.150 e. The summed E-state index contributed by atoms with van der Waals surface area (Å²) < 4.78 is 14.7. The third-order valence-corrected chi connectivity index (χ3v) is 3.49. The predicted octanol–water partition coefficient (Wildman–Crippen LogP) is 5.08. The quantitative estimate of drug-likeness (QED) is 0.848. The van der Waals surface area contributed by atoms with Crippen LogP contribution in [0.1, 0.15) is 38.7 Å². The average molecular weight is 325 g/mol. The van der Waals surface area contributed by atoms with Gasteiger partial charge >= 0.3 is 0 Å². The second kappa shape index (κ2) is 5.87. The topological polar surface area (TPSA) is 24.9 Å². The molecular formula is C15H18BrFN2. The number of hydrogen-bond donors (Lipinski definition) is 1. The van der Waals surface area contributed by atoms with Gasteiger partial charge in [-0.2, -0.15) is 0 Å². The monoisotopic (exact) mass is 324 g/mol. The second-order valence-electron chi connectivity index (χ2n) is 4.97. The van der Waals surface area contributed by atoms with Crippen LogP contribution < -0.4 is 5.32 Å². The fourth-order valence-corrected chi connectivity index (χ4v) is 2.50. The number of pyridine rings is 1. The van der Waals surface area contributed by atoms with Gasteiger partial charge in [-0.25, -0.2) is 9.37 Å². The zero-order valence-corrected chi connectivity index (χ0v) is 13.0. The lowest BCUT2D eigenvalue weighted by Gasteiger charge is -2.15. The van der Waals surface area contributed by atoms with Crippen molar-refractivity contribution in [2.24, 2.45) is 0 Å². The lowest BCUT2D eigenvalue weighted by Crippen LogP contribution is -2.07. The van der Waals surface area contributed by atoms with Crippen LogP contribution in [0.2, 0.25) is 0 Å². The number of nitrogens with zero attached hydrogens (tertiary/aromatic N) is 1. The van der Waals surface area contributed by atoms with Gasteiger partial charge in [0.15, 0.2) is 5.82 Å². The fourth-order valence-electron chi connectivity index (χ4n) is 2.05. The molecule has 4 heteroatoms. The first-order valence-electron chi connectivity index (χ1n) is 6.56. The second-order valence-corrected chi connectivity index (χ2v) is 5.88. The number of halogens is 2. The van der Waals surface area contributed by atoms with Crippen LogP contribution in [0.3, 0.4) is 0 Å². The van der Waals surface area contributed by atoms with E-state index in [-0.39, 0.29) is 5.82 Å². The molecule has 0 radical (unpaired) electrons. The van der Waals surface area contributed by atoms with Gasteiger partial charge in [0.25, 0.3) is 0 Å². The van der Waals surface area contributed by atoms with Crippen LogP contribution in [0, 0.1) is 5.82 Å². The molecule has 0 atom stereocenters. The first-order valence-corrected chi connectivity index (χ1v) is 7.35. The molecule has 0 unspecified atom stereocenters. The summed E-state index contributed by atoms with van der Waals surface area (Å²) in [6.07, 6.45) is 1.01. The van der Waals surface area contributed by atoms with Gasteiger partial charge in [0.05, 0.1) is 0 Å². The van der Waals surface area contributed by atoms with Crippen molar-refractivity contribution in [1.29, 1.82) is 0 Å². The summed E-state index contributed by atoms with van der Waals surface area (Å²) in [6.45, 7) is 7.18. The van der Waals surface area contributed by atoms with Gasteiger partial charge < -0.3 is 5.32 Å². The maximum absolute atomic E-state index is 14.0. The van der Waals surface area contributed by atoms with Crippen molar-refractivity contribution in [2.75, 3.05) is 11.9 Å². The molecule has 0 aliphatic rings. The lowest BCUT2D eigenvalue weighted by molar-refractivity contribution is 0.636. The largest absolute Gasteiger partial charge is 0.370 e. The third-order valence-electron chi connectivity index (χ3n) is 3.03. The molecule has 0 bridgehead atoms. The van der Waals surface area contributed by atoms with E-state index in [1.54, 1.807) is 0 Å². The molecular weight excluding hydrogens is 307 g/mol. The minimum atomic E-state index is -0.292. The molecule has 19 heavy (non-hydrogen) atoms. The van der Waals surface area contributed by atoms with Gasteiger partial charge in [-0.05, 0) is 36.1 Å². The Hall–Kier alpha value is -1.16. The first-order chi connectivity index (χ1) is 9.02. The Labute approximate surface area is 121 Å². The molecule has 1 aromatic heterocycles. The Balaban J connectivity index is 2.62. The fraction of sp³-hybridized carbons (Fsp3) is 0.400. The van der Waals surface area contributed by atoms with E-state index >= 15 is 0 Å². The van der Waals surface area contributed by atoms with E-state index in [9.17, 15) is 4.39 Å². The SMILES string of the molecule is CCCNc1nc2c(F)cc(Br)cc2cc1C(C)C. The molecule has 1 aromatic carbocycles. The van der Waals surface area contributed by atoms with Crippen LogP contribution in [0.25, 0.3) is 10.9 Å². The maximum atomic E-state index is 14.0. The molecule has 102 valence electrons. The molecule has 0 aliphatic heterocycles. The van der Waals surface area contributed by atoms with Gasteiger partial charge in [-0.1, -0.05) is 36.7 Å². The molecule has 2 rings (SSSR count). The van der Waals surface area contributed by atoms with Crippen LogP contribution in [-0.4, -0.2) is 11.5 Å². The Morgan fingerprint density at radius 2 is 2.05 bits per heavy atom. The number of nitrogens with one attached hydrogen (secondary N) is 1. The van der Waals surface area contributed by atoms with Crippen molar-refractivity contribution in [3.05, 3.63) is 34.1 Å². The lowest BCUT2D eigenvalue weighted by atomic mass is 10.0. The van der Waals surface area contributed by atoms with Gasteiger partial charge in [-0.3, -0.25) is 0 Å². The summed E-state index contributed by atoms with van der Waals surface area (Å²) in [5.74, 6) is 0.850. The van der Waals surface area contributed by atoms with Gasteiger partial charge in [0.1, 0.15) is 11.3 Å². The van der Waals surface area contributed by atoms with Crippen LogP contribution in [0.15, 0.2) is 22.7 Å². The first kappa shape index (κ1) is 14.3. The van der Waals surface area contributed by atoms with E-state index in [1.807, 2.05) is 12.1 Å². The normalized spacial score (nSPS) is 11.3. The molecule has 1 heterocycles. The minimum absolute atomic E-state index is 0.292. The highest BCUT2D eigenvalue weighted by molar-refractivity contribution is 9.10. The average Bonchev–Trinajstić information content (AvgIpc) is 2.35. The summed E-state index contributed by atoms with van der Waals surface area (Å²) in [5, 5.41) is 4.12. The predicted molar refractivity (Wildman–Crippen MR) is 82.3 cm³/mol. The zero-order chi connectivity index (χ0) is 14.0. The van der Waals surface area contributed by atoms with Crippen molar-refractivity contribution in [3.63, 3.8) is 0 Å². The number of rotatable bonds is 4. The van der Waals surface area contributed by atoms with Crippen LogP contribution in [-0.2, 0) is 0 Å². The minimum Gasteiger partial charge on any atom is -0.370 e. The third kappa shape index (κ3) is 3.06. The van der Waals surface area contributed by atoms with E-state index in [4.69, 9.17) is 0 Å². The van der Waals surface area contributed by atoms with Gasteiger partial charge in [0.2, 0.25) is 0 Å². The summed E-state index contributed by atoms with van der Waals surface area (Å²) >= 11 is 3.32. The summed E-state index contributed by atoms with van der Waals surface area (Å²) in [6, 6.07) is 5.38. The molecule has 0 amide bonds. The van der Waals surface area contributed by atoms with E-state index in [1.165, 1.54) is 6.07 Å². The van der Waals surface area contributed by atoms with E-state index in [0.717, 1.165) is 34.2 Å². The number of benzene rings is 1. The highest BCUT2D eigenvalue weighted by Crippen LogP contribution is 2.30. The highest BCUT2D eigenvalue weighted by Gasteiger charge is 2.12. The van der Waals surface area contributed by atoms with E-state index in [0.29, 0.717) is 11.4 Å². The van der Waals surface area contributed by atoms with Crippen molar-refractivity contribution >= 4 is 32.7 Å². The van der Waals surface area contributed by atoms with E-state index in [2.05, 4.69) is 47.0 Å². The van der Waals surface area contributed by atoms with Crippen molar-refractivity contribution in [2.45, 2.75) is 33.1 Å². The van der Waals surface area contributed by atoms with Gasteiger partial charge in [0, 0.05) is 16.4 Å². The van der Waals surface area contributed by atoms with E-state index < -0.39 is 0 Å². The molecule has 0 saturated carbocycles. The Morgan fingerprint density at radius 3 is 2.68 bits per heavy atom. The Bertz CT molecular complexity index is 596. The molecule has 2 nitrogen and oxygen atoms in total. The Morgan fingerprint density at radius 1 is 1.32 bits per heavy atom. The van der Waals surface area contributed by atoms with Crippen molar-refractivity contribution in [1.82, 2.24) is 4.98 Å². The number of aromatic nitrogens is 1. The van der Waals surface area contributed by atoms with Crippen molar-refractivity contribution in [3.8, 4) is 0 Å². The molecule has 2 aromatic rings. The molecule has 0 saturated heterocycles. The zero-order valence-electron chi connectivity index (χ0n) is 11.4. The van der Waals surface area contributed by atoms with Crippen molar-refractivity contribution < 1.29 is 4.39 Å². The summed E-state index contributed by atoms with van der Waals surface area (Å²) in [4.78, 5) is 4.47.